The summed E-state index contributed by atoms with van der Waals surface area (Å²) in [6, 6.07) is 5.00. The van der Waals surface area contributed by atoms with E-state index in [1.54, 1.807) is 18.2 Å². The topological polar surface area (TPSA) is 66.4 Å². The Bertz CT molecular complexity index is 573. The van der Waals surface area contributed by atoms with Crippen LogP contribution in [-0.2, 0) is 4.79 Å². The van der Waals surface area contributed by atoms with Gasteiger partial charge in [0, 0.05) is 10.6 Å². The van der Waals surface area contributed by atoms with E-state index < -0.39 is 11.5 Å². The molecule has 0 aromatic heterocycles. The molecular weight excluding hydrogens is 290 g/mol. The number of aliphatic carboxylic acids is 1. The lowest BCUT2D eigenvalue weighted by atomic mass is 9.76. The van der Waals surface area contributed by atoms with E-state index in [0.29, 0.717) is 23.4 Å². The number of rotatable bonds is 3. The second-order valence-corrected chi connectivity index (χ2v) is 6.41. The highest BCUT2D eigenvalue weighted by Gasteiger charge is 2.43. The Hall–Kier alpha value is -1.55. The third-order valence-electron chi connectivity index (χ3n) is 4.19. The molecule has 2 unspecified atom stereocenters. The van der Waals surface area contributed by atoms with Crippen molar-refractivity contribution in [2.45, 2.75) is 45.1 Å². The van der Waals surface area contributed by atoms with Crippen molar-refractivity contribution in [2.75, 3.05) is 0 Å². The number of carbonyl (C=O) groups is 2. The lowest BCUT2D eigenvalue weighted by Crippen LogP contribution is -2.56. The minimum absolute atomic E-state index is 0.289. The van der Waals surface area contributed by atoms with Crippen LogP contribution in [0.5, 0.6) is 0 Å². The maximum atomic E-state index is 12.4. The van der Waals surface area contributed by atoms with E-state index in [2.05, 4.69) is 5.32 Å². The minimum atomic E-state index is -1.16. The van der Waals surface area contributed by atoms with Crippen LogP contribution in [0.15, 0.2) is 18.2 Å². The molecule has 5 heteroatoms. The maximum Gasteiger partial charge on any atom is 0.329 e. The number of nitrogens with one attached hydrogen (secondary N) is 1. The maximum absolute atomic E-state index is 12.4. The summed E-state index contributed by atoms with van der Waals surface area (Å²) in [7, 11) is 0. The molecule has 1 saturated carbocycles. The molecule has 1 fully saturated rings. The molecule has 1 aromatic carbocycles. The molecule has 1 aromatic rings. The summed E-state index contributed by atoms with van der Waals surface area (Å²) in [5.74, 6) is -1.05. The number of aryl methyl sites for hydroxylation is 1. The Kier molecular flexibility index (Phi) is 4.57. The zero-order valence-corrected chi connectivity index (χ0v) is 13.0. The fourth-order valence-corrected chi connectivity index (χ4v) is 3.12. The summed E-state index contributed by atoms with van der Waals surface area (Å²) < 4.78 is 0. The Morgan fingerprint density at radius 2 is 2.14 bits per heavy atom. The SMILES string of the molecule is Cc1ccc(C(=O)NC2(C(=O)O)CCCC(C)C2)cc1Cl. The van der Waals surface area contributed by atoms with Crippen LogP contribution in [0.3, 0.4) is 0 Å². The van der Waals surface area contributed by atoms with E-state index in [1.807, 2.05) is 13.8 Å². The number of amides is 1. The van der Waals surface area contributed by atoms with Crippen LogP contribution in [0.25, 0.3) is 0 Å². The van der Waals surface area contributed by atoms with E-state index in [4.69, 9.17) is 11.6 Å². The first-order valence-electron chi connectivity index (χ1n) is 7.16. The first-order chi connectivity index (χ1) is 9.84. The average Bonchev–Trinajstić information content (AvgIpc) is 2.41. The molecule has 2 N–H and O–H groups in total. The van der Waals surface area contributed by atoms with Gasteiger partial charge in [-0.15, -0.1) is 0 Å². The van der Waals surface area contributed by atoms with Crippen LogP contribution in [0, 0.1) is 12.8 Å². The third-order valence-corrected chi connectivity index (χ3v) is 4.60. The van der Waals surface area contributed by atoms with Crippen molar-refractivity contribution in [3.8, 4) is 0 Å². The van der Waals surface area contributed by atoms with E-state index in [-0.39, 0.29) is 11.8 Å². The van der Waals surface area contributed by atoms with Crippen molar-refractivity contribution < 1.29 is 14.7 Å². The summed E-state index contributed by atoms with van der Waals surface area (Å²) >= 11 is 6.02. The molecule has 21 heavy (non-hydrogen) atoms. The predicted molar refractivity (Wildman–Crippen MR) is 81.7 cm³/mol. The molecule has 1 amide bonds. The molecule has 0 saturated heterocycles. The first-order valence-corrected chi connectivity index (χ1v) is 7.54. The van der Waals surface area contributed by atoms with Crippen LogP contribution >= 0.6 is 11.6 Å². The summed E-state index contributed by atoms with van der Waals surface area (Å²) in [6.45, 7) is 3.87. The normalized spacial score (nSPS) is 25.4. The molecule has 2 atom stereocenters. The average molecular weight is 310 g/mol. The molecule has 0 heterocycles. The fraction of sp³-hybridized carbons (Fsp3) is 0.500. The van der Waals surface area contributed by atoms with Gasteiger partial charge in [0.1, 0.15) is 5.54 Å². The van der Waals surface area contributed by atoms with Gasteiger partial charge in [-0.05, 0) is 43.4 Å². The van der Waals surface area contributed by atoms with Gasteiger partial charge >= 0.3 is 5.97 Å². The van der Waals surface area contributed by atoms with Crippen LogP contribution in [0.4, 0.5) is 0 Å². The van der Waals surface area contributed by atoms with Crippen molar-refractivity contribution in [3.05, 3.63) is 34.3 Å². The quantitative estimate of drug-likeness (QED) is 0.899. The van der Waals surface area contributed by atoms with Gasteiger partial charge in [0.25, 0.3) is 5.91 Å². The van der Waals surface area contributed by atoms with E-state index in [1.165, 1.54) is 0 Å². The fourth-order valence-electron chi connectivity index (χ4n) is 2.94. The highest BCUT2D eigenvalue weighted by molar-refractivity contribution is 6.31. The van der Waals surface area contributed by atoms with Crippen LogP contribution in [0.2, 0.25) is 5.02 Å². The van der Waals surface area contributed by atoms with Crippen molar-refractivity contribution >= 4 is 23.5 Å². The molecule has 1 aliphatic rings. The van der Waals surface area contributed by atoms with Gasteiger partial charge in [-0.3, -0.25) is 4.79 Å². The van der Waals surface area contributed by atoms with E-state index >= 15 is 0 Å². The second-order valence-electron chi connectivity index (χ2n) is 6.01. The molecule has 0 aliphatic heterocycles. The molecule has 1 aliphatic carbocycles. The molecule has 0 spiro atoms. The van der Waals surface area contributed by atoms with Gasteiger partial charge in [-0.25, -0.2) is 4.79 Å². The van der Waals surface area contributed by atoms with Crippen LogP contribution in [-0.4, -0.2) is 22.5 Å². The lowest BCUT2D eigenvalue weighted by molar-refractivity contribution is -0.146. The Labute approximate surface area is 129 Å². The van der Waals surface area contributed by atoms with E-state index in [9.17, 15) is 14.7 Å². The molecule has 114 valence electrons. The number of carboxylic acids is 1. The Balaban J connectivity index is 2.22. The van der Waals surface area contributed by atoms with Gasteiger partial charge in [0.2, 0.25) is 0 Å². The molecule has 2 rings (SSSR count). The van der Waals surface area contributed by atoms with Crippen molar-refractivity contribution in [1.82, 2.24) is 5.32 Å². The number of halogens is 1. The predicted octanol–water partition coefficient (Wildman–Crippen LogP) is 3.41. The van der Waals surface area contributed by atoms with E-state index in [0.717, 1.165) is 18.4 Å². The lowest BCUT2D eigenvalue weighted by Gasteiger charge is -2.37. The van der Waals surface area contributed by atoms with Crippen LogP contribution < -0.4 is 5.32 Å². The molecule has 0 bridgehead atoms. The van der Waals surface area contributed by atoms with Gasteiger partial charge in [0.15, 0.2) is 0 Å². The first kappa shape index (κ1) is 15.8. The molecule has 0 radical (unpaired) electrons. The molecule has 4 nitrogen and oxygen atoms in total. The standard InChI is InChI=1S/C16H20ClNO3/c1-10-4-3-7-16(9-10,15(20)21)18-14(19)12-6-5-11(2)13(17)8-12/h5-6,8,10H,3-4,7,9H2,1-2H3,(H,18,19)(H,20,21). The number of benzene rings is 1. The van der Waals surface area contributed by atoms with Crippen molar-refractivity contribution in [1.29, 1.82) is 0 Å². The number of hydrogen-bond acceptors (Lipinski definition) is 2. The highest BCUT2D eigenvalue weighted by atomic mass is 35.5. The smallest absolute Gasteiger partial charge is 0.329 e. The third kappa shape index (κ3) is 3.38. The largest absolute Gasteiger partial charge is 0.480 e. The summed E-state index contributed by atoms with van der Waals surface area (Å²) in [4.78, 5) is 24.0. The summed E-state index contributed by atoms with van der Waals surface area (Å²) in [6.07, 6.45) is 2.75. The van der Waals surface area contributed by atoms with Crippen molar-refractivity contribution in [3.63, 3.8) is 0 Å². The number of carboxylic acid groups (broad SMARTS) is 1. The zero-order valence-electron chi connectivity index (χ0n) is 12.3. The summed E-state index contributed by atoms with van der Waals surface area (Å²) in [5, 5.41) is 12.8. The Morgan fingerprint density at radius 1 is 1.43 bits per heavy atom. The van der Waals surface area contributed by atoms with Crippen LogP contribution in [0.1, 0.15) is 48.5 Å². The van der Waals surface area contributed by atoms with Gasteiger partial charge in [-0.2, -0.15) is 0 Å². The zero-order chi connectivity index (χ0) is 15.6. The van der Waals surface area contributed by atoms with Crippen molar-refractivity contribution in [2.24, 2.45) is 5.92 Å². The van der Waals surface area contributed by atoms with Gasteiger partial charge in [0.05, 0.1) is 0 Å². The second kappa shape index (κ2) is 6.06. The molecular formula is C16H20ClNO3. The minimum Gasteiger partial charge on any atom is -0.480 e. The monoisotopic (exact) mass is 309 g/mol. The van der Waals surface area contributed by atoms with Gasteiger partial charge in [-0.1, -0.05) is 37.4 Å². The summed E-state index contributed by atoms with van der Waals surface area (Å²) in [5.41, 5.74) is 0.114. The highest BCUT2D eigenvalue weighted by Crippen LogP contribution is 2.33. The van der Waals surface area contributed by atoms with Gasteiger partial charge < -0.3 is 10.4 Å². The Morgan fingerprint density at radius 3 is 2.71 bits per heavy atom. The number of carbonyl (C=O) groups excluding carboxylic acids is 1. The number of hydrogen-bond donors (Lipinski definition) is 2.